The summed E-state index contributed by atoms with van der Waals surface area (Å²) in [5.41, 5.74) is 3.28. The van der Waals surface area contributed by atoms with E-state index in [1.807, 2.05) is 6.07 Å². The van der Waals surface area contributed by atoms with Crippen LogP contribution in [0.4, 0.5) is 17.2 Å². The number of aromatic nitrogens is 2. The van der Waals surface area contributed by atoms with E-state index in [9.17, 15) is 4.79 Å². The molecule has 1 amide bonds. The molecule has 2 aromatic rings. The molecule has 0 spiro atoms. The smallest absolute Gasteiger partial charge is 0.238 e. The van der Waals surface area contributed by atoms with Gasteiger partial charge in [-0.05, 0) is 43.5 Å². The minimum Gasteiger partial charge on any atom is -0.372 e. The van der Waals surface area contributed by atoms with Gasteiger partial charge in [0.05, 0.1) is 12.7 Å². The highest BCUT2D eigenvalue weighted by atomic mass is 16.2. The number of carbonyl (C=O) groups excluding carboxylic acids is 1. The molecule has 0 bridgehead atoms. The number of rotatable bonds is 5. The maximum atomic E-state index is 12.5. The first-order valence-corrected chi connectivity index (χ1v) is 10.1. The summed E-state index contributed by atoms with van der Waals surface area (Å²) in [6.45, 7) is 8.15. The summed E-state index contributed by atoms with van der Waals surface area (Å²) in [6, 6.07) is 6.33. The lowest BCUT2D eigenvalue weighted by atomic mass is 10.1. The maximum absolute atomic E-state index is 12.5. The van der Waals surface area contributed by atoms with E-state index < -0.39 is 0 Å². The highest BCUT2D eigenvalue weighted by molar-refractivity contribution is 5.93. The summed E-state index contributed by atoms with van der Waals surface area (Å²) >= 11 is 0. The van der Waals surface area contributed by atoms with E-state index in [-0.39, 0.29) is 5.91 Å². The standard InChI is InChI=1S/C21H28N6O/c1-17-14-18(26-8-2-3-9-26)4-5-19(17)24-21(28)16-25-10-12-27(13-11-25)20-15-22-6-7-23-20/h4-7,14-15H,2-3,8-13,16H2,1H3,(H,24,28). The Morgan fingerprint density at radius 1 is 1.04 bits per heavy atom. The Kier molecular flexibility index (Phi) is 5.71. The molecule has 4 rings (SSSR count). The predicted molar refractivity (Wildman–Crippen MR) is 112 cm³/mol. The molecule has 3 heterocycles. The van der Waals surface area contributed by atoms with Crippen molar-refractivity contribution < 1.29 is 4.79 Å². The minimum absolute atomic E-state index is 0.0463. The molecule has 1 aromatic carbocycles. The maximum Gasteiger partial charge on any atom is 0.238 e. The molecule has 2 saturated heterocycles. The molecule has 28 heavy (non-hydrogen) atoms. The van der Waals surface area contributed by atoms with Gasteiger partial charge in [0.1, 0.15) is 5.82 Å². The quantitative estimate of drug-likeness (QED) is 0.858. The first kappa shape index (κ1) is 18.7. The molecule has 0 saturated carbocycles. The van der Waals surface area contributed by atoms with Crippen LogP contribution in [0.2, 0.25) is 0 Å². The Morgan fingerprint density at radius 3 is 2.50 bits per heavy atom. The third-order valence-corrected chi connectivity index (χ3v) is 5.57. The molecule has 2 fully saturated rings. The van der Waals surface area contributed by atoms with E-state index in [0.717, 1.165) is 56.3 Å². The number of anilines is 3. The Morgan fingerprint density at radius 2 is 1.82 bits per heavy atom. The lowest BCUT2D eigenvalue weighted by Gasteiger charge is -2.34. The van der Waals surface area contributed by atoms with E-state index in [1.165, 1.54) is 18.5 Å². The van der Waals surface area contributed by atoms with Gasteiger partial charge in [-0.3, -0.25) is 14.7 Å². The van der Waals surface area contributed by atoms with E-state index in [0.29, 0.717) is 6.54 Å². The second-order valence-electron chi connectivity index (χ2n) is 7.57. The number of hydrogen-bond donors (Lipinski definition) is 1. The van der Waals surface area contributed by atoms with E-state index >= 15 is 0 Å². The summed E-state index contributed by atoms with van der Waals surface area (Å²) < 4.78 is 0. The van der Waals surface area contributed by atoms with Crippen LogP contribution in [0.15, 0.2) is 36.8 Å². The fourth-order valence-electron chi connectivity index (χ4n) is 3.94. The third-order valence-electron chi connectivity index (χ3n) is 5.57. The fraction of sp³-hybridized carbons (Fsp3) is 0.476. The summed E-state index contributed by atoms with van der Waals surface area (Å²) in [7, 11) is 0. The van der Waals surface area contributed by atoms with Crippen molar-refractivity contribution in [3.63, 3.8) is 0 Å². The second-order valence-corrected chi connectivity index (χ2v) is 7.57. The van der Waals surface area contributed by atoms with Gasteiger partial charge in [-0.15, -0.1) is 0 Å². The van der Waals surface area contributed by atoms with Crippen LogP contribution < -0.4 is 15.1 Å². The Balaban J connectivity index is 1.28. The molecule has 2 aliphatic rings. The molecular weight excluding hydrogens is 352 g/mol. The molecule has 0 aliphatic carbocycles. The molecule has 0 radical (unpaired) electrons. The van der Waals surface area contributed by atoms with Crippen molar-refractivity contribution >= 4 is 23.1 Å². The van der Waals surface area contributed by atoms with Gasteiger partial charge in [-0.25, -0.2) is 4.98 Å². The van der Waals surface area contributed by atoms with Gasteiger partial charge >= 0.3 is 0 Å². The van der Waals surface area contributed by atoms with Crippen LogP contribution in [0.25, 0.3) is 0 Å². The summed E-state index contributed by atoms with van der Waals surface area (Å²) in [4.78, 5) is 27.8. The highest BCUT2D eigenvalue weighted by Crippen LogP contribution is 2.25. The second kappa shape index (κ2) is 8.56. The van der Waals surface area contributed by atoms with Crippen molar-refractivity contribution in [2.45, 2.75) is 19.8 Å². The molecule has 2 aliphatic heterocycles. The SMILES string of the molecule is Cc1cc(N2CCCC2)ccc1NC(=O)CN1CCN(c2cnccn2)CC1. The van der Waals surface area contributed by atoms with Crippen LogP contribution >= 0.6 is 0 Å². The van der Waals surface area contributed by atoms with Crippen LogP contribution in [0.5, 0.6) is 0 Å². The largest absolute Gasteiger partial charge is 0.372 e. The lowest BCUT2D eigenvalue weighted by Crippen LogP contribution is -2.49. The molecule has 0 unspecified atom stereocenters. The van der Waals surface area contributed by atoms with Gasteiger partial charge in [-0.1, -0.05) is 0 Å². The van der Waals surface area contributed by atoms with Gasteiger partial charge in [-0.2, -0.15) is 0 Å². The minimum atomic E-state index is 0.0463. The number of hydrogen-bond acceptors (Lipinski definition) is 6. The van der Waals surface area contributed by atoms with Gasteiger partial charge in [0.25, 0.3) is 0 Å². The Hall–Kier alpha value is -2.67. The number of benzene rings is 1. The van der Waals surface area contributed by atoms with E-state index in [4.69, 9.17) is 0 Å². The first-order chi connectivity index (χ1) is 13.7. The van der Waals surface area contributed by atoms with Crippen LogP contribution in [-0.4, -0.2) is 66.6 Å². The Labute approximate surface area is 166 Å². The topological polar surface area (TPSA) is 64.6 Å². The number of nitrogens with one attached hydrogen (secondary N) is 1. The van der Waals surface area contributed by atoms with Crippen LogP contribution in [0.1, 0.15) is 18.4 Å². The monoisotopic (exact) mass is 380 g/mol. The molecule has 1 aromatic heterocycles. The molecule has 148 valence electrons. The number of aryl methyl sites for hydroxylation is 1. The van der Waals surface area contributed by atoms with Gasteiger partial charge < -0.3 is 15.1 Å². The predicted octanol–water partition coefficient (Wildman–Crippen LogP) is 2.15. The number of nitrogens with zero attached hydrogens (tertiary/aromatic N) is 5. The van der Waals surface area contributed by atoms with Crippen molar-refractivity contribution in [1.82, 2.24) is 14.9 Å². The molecular formula is C21H28N6O. The van der Waals surface area contributed by atoms with Crippen molar-refractivity contribution in [2.24, 2.45) is 0 Å². The summed E-state index contributed by atoms with van der Waals surface area (Å²) in [5.74, 6) is 0.949. The number of piperazine rings is 1. The highest BCUT2D eigenvalue weighted by Gasteiger charge is 2.20. The molecule has 7 heteroatoms. The average Bonchev–Trinajstić information content (AvgIpc) is 3.26. The van der Waals surface area contributed by atoms with Gasteiger partial charge in [0.15, 0.2) is 0 Å². The zero-order chi connectivity index (χ0) is 19.3. The van der Waals surface area contributed by atoms with Crippen molar-refractivity contribution in [3.8, 4) is 0 Å². The van der Waals surface area contributed by atoms with Crippen LogP contribution in [0, 0.1) is 6.92 Å². The van der Waals surface area contributed by atoms with Gasteiger partial charge in [0.2, 0.25) is 5.91 Å². The zero-order valence-electron chi connectivity index (χ0n) is 16.5. The normalized spacial score (nSPS) is 17.8. The average molecular weight is 380 g/mol. The lowest BCUT2D eigenvalue weighted by molar-refractivity contribution is -0.117. The number of carbonyl (C=O) groups is 1. The van der Waals surface area contributed by atoms with Crippen molar-refractivity contribution in [3.05, 3.63) is 42.4 Å². The van der Waals surface area contributed by atoms with Crippen LogP contribution in [0.3, 0.4) is 0 Å². The molecule has 7 nitrogen and oxygen atoms in total. The fourth-order valence-corrected chi connectivity index (χ4v) is 3.94. The third kappa shape index (κ3) is 4.42. The van der Waals surface area contributed by atoms with Crippen molar-refractivity contribution in [2.75, 3.05) is 60.9 Å². The van der Waals surface area contributed by atoms with E-state index in [2.05, 4.69) is 49.0 Å². The number of amides is 1. The first-order valence-electron chi connectivity index (χ1n) is 10.1. The molecule has 0 atom stereocenters. The van der Waals surface area contributed by atoms with Gasteiger partial charge in [0, 0.05) is 63.0 Å². The van der Waals surface area contributed by atoms with Crippen molar-refractivity contribution in [1.29, 1.82) is 0 Å². The zero-order valence-corrected chi connectivity index (χ0v) is 16.5. The summed E-state index contributed by atoms with van der Waals surface area (Å²) in [5, 5.41) is 3.08. The van der Waals surface area contributed by atoms with Crippen LogP contribution in [-0.2, 0) is 4.79 Å². The van der Waals surface area contributed by atoms with E-state index in [1.54, 1.807) is 18.6 Å². The Bertz CT molecular complexity index is 798. The molecule has 1 N–H and O–H groups in total. The summed E-state index contributed by atoms with van der Waals surface area (Å²) in [6.07, 6.45) is 7.72.